The topological polar surface area (TPSA) is 96.0 Å². The molecule has 0 heterocycles. The Morgan fingerprint density at radius 2 is 1.76 bits per heavy atom. The Morgan fingerprint density at radius 1 is 1.05 bits per heavy atom. The molecule has 0 aromatic heterocycles. The monoisotopic (exact) mass is 531 g/mol. The molecule has 2 rings (SSSR count). The van der Waals surface area contributed by atoms with Gasteiger partial charge >= 0.3 is 0 Å². The third-order valence-electron chi connectivity index (χ3n) is 6.18. The van der Waals surface area contributed by atoms with E-state index in [1.807, 2.05) is 38.1 Å². The number of unbranched alkanes of at least 4 members (excludes halogenated alkanes) is 1. The van der Waals surface area contributed by atoms with E-state index in [1.54, 1.807) is 29.2 Å². The lowest BCUT2D eigenvalue weighted by Gasteiger charge is -2.31. The minimum atomic E-state index is -3.57. The van der Waals surface area contributed by atoms with Crippen molar-refractivity contribution in [3.63, 3.8) is 0 Å². The maximum absolute atomic E-state index is 13.5. The molecule has 8 nitrogen and oxygen atoms in total. The normalized spacial score (nSPS) is 12.0. The Kier molecular flexibility index (Phi) is 11.9. The molecule has 37 heavy (non-hydrogen) atoms. The van der Waals surface area contributed by atoms with Crippen LogP contribution in [0.1, 0.15) is 57.1 Å². The Bertz CT molecular complexity index is 1120. The molecular weight excluding hydrogens is 490 g/mol. The SMILES string of the molecule is CCCCNC(=O)[C@H](CC)N(Cc1ccc(C)cc1)C(=O)CCCN(c1cccc(OC)c1)S(C)(=O)=O. The van der Waals surface area contributed by atoms with Crippen LogP contribution in [0.15, 0.2) is 48.5 Å². The van der Waals surface area contributed by atoms with E-state index in [0.29, 0.717) is 37.4 Å². The molecule has 0 spiro atoms. The molecule has 9 heteroatoms. The van der Waals surface area contributed by atoms with Crippen molar-refractivity contribution < 1.29 is 22.7 Å². The van der Waals surface area contributed by atoms with E-state index in [2.05, 4.69) is 12.2 Å². The lowest BCUT2D eigenvalue weighted by molar-refractivity contribution is -0.141. The van der Waals surface area contributed by atoms with Gasteiger partial charge in [-0.3, -0.25) is 13.9 Å². The number of methoxy groups -OCH3 is 1. The van der Waals surface area contributed by atoms with Gasteiger partial charge in [0.2, 0.25) is 21.8 Å². The van der Waals surface area contributed by atoms with Crippen LogP contribution in [0.4, 0.5) is 5.69 Å². The van der Waals surface area contributed by atoms with Crippen LogP contribution in [0, 0.1) is 6.92 Å². The Hall–Kier alpha value is -3.07. The fourth-order valence-corrected chi connectivity index (χ4v) is 5.04. The maximum atomic E-state index is 13.5. The van der Waals surface area contributed by atoms with Crippen LogP contribution in [0.25, 0.3) is 0 Å². The van der Waals surface area contributed by atoms with Crippen LogP contribution in [-0.2, 0) is 26.2 Å². The number of sulfonamides is 1. The highest BCUT2D eigenvalue weighted by Crippen LogP contribution is 2.24. The predicted octanol–water partition coefficient (Wildman–Crippen LogP) is 4.27. The summed E-state index contributed by atoms with van der Waals surface area (Å²) in [6, 6.07) is 14.1. The molecule has 2 aromatic carbocycles. The van der Waals surface area contributed by atoms with Crippen molar-refractivity contribution in [1.82, 2.24) is 10.2 Å². The van der Waals surface area contributed by atoms with Crippen LogP contribution >= 0.6 is 0 Å². The summed E-state index contributed by atoms with van der Waals surface area (Å²) in [5.41, 5.74) is 2.53. The number of carbonyl (C=O) groups excluding carboxylic acids is 2. The second-order valence-electron chi connectivity index (χ2n) is 9.22. The molecule has 0 saturated carbocycles. The van der Waals surface area contributed by atoms with Gasteiger partial charge in [0.25, 0.3) is 0 Å². The number of nitrogens with one attached hydrogen (secondary N) is 1. The fourth-order valence-electron chi connectivity index (χ4n) is 4.09. The Balaban J connectivity index is 2.20. The summed E-state index contributed by atoms with van der Waals surface area (Å²) >= 11 is 0. The first-order chi connectivity index (χ1) is 17.6. The predicted molar refractivity (Wildman–Crippen MR) is 148 cm³/mol. The largest absolute Gasteiger partial charge is 0.497 e. The van der Waals surface area contributed by atoms with Gasteiger partial charge in [0.15, 0.2) is 0 Å². The highest BCUT2D eigenvalue weighted by Gasteiger charge is 2.28. The quantitative estimate of drug-likeness (QED) is 0.346. The van der Waals surface area contributed by atoms with Crippen molar-refractivity contribution in [3.8, 4) is 5.75 Å². The number of nitrogens with zero attached hydrogens (tertiary/aromatic N) is 2. The molecule has 204 valence electrons. The lowest BCUT2D eigenvalue weighted by Crippen LogP contribution is -2.49. The highest BCUT2D eigenvalue weighted by molar-refractivity contribution is 7.92. The second-order valence-corrected chi connectivity index (χ2v) is 11.1. The van der Waals surface area contributed by atoms with Gasteiger partial charge in [-0.05, 0) is 43.9 Å². The van der Waals surface area contributed by atoms with Crippen molar-refractivity contribution in [3.05, 3.63) is 59.7 Å². The fraction of sp³-hybridized carbons (Fsp3) is 0.500. The number of benzene rings is 2. The third-order valence-corrected chi connectivity index (χ3v) is 7.38. The molecule has 0 unspecified atom stereocenters. The minimum absolute atomic E-state index is 0.112. The summed E-state index contributed by atoms with van der Waals surface area (Å²) in [5, 5.41) is 2.96. The van der Waals surface area contributed by atoms with Gasteiger partial charge in [-0.1, -0.05) is 56.2 Å². The van der Waals surface area contributed by atoms with Crippen molar-refractivity contribution in [2.75, 3.05) is 30.8 Å². The first-order valence-electron chi connectivity index (χ1n) is 12.8. The zero-order valence-electron chi connectivity index (χ0n) is 22.7. The van der Waals surface area contributed by atoms with Gasteiger partial charge in [0, 0.05) is 32.1 Å². The molecule has 1 atom stereocenters. The van der Waals surface area contributed by atoms with Crippen LogP contribution < -0.4 is 14.4 Å². The second kappa shape index (κ2) is 14.6. The molecule has 0 radical (unpaired) electrons. The van der Waals surface area contributed by atoms with E-state index in [1.165, 1.54) is 11.4 Å². The van der Waals surface area contributed by atoms with Gasteiger partial charge in [-0.15, -0.1) is 0 Å². The number of carbonyl (C=O) groups is 2. The molecule has 0 aliphatic rings. The molecule has 0 saturated heterocycles. The van der Waals surface area contributed by atoms with E-state index in [-0.39, 0.29) is 24.8 Å². The Labute approximate surface area is 222 Å². The number of rotatable bonds is 15. The number of ether oxygens (including phenoxy) is 1. The highest BCUT2D eigenvalue weighted by atomic mass is 32.2. The molecule has 2 aromatic rings. The van der Waals surface area contributed by atoms with E-state index < -0.39 is 16.1 Å². The van der Waals surface area contributed by atoms with Crippen LogP contribution in [-0.4, -0.2) is 57.6 Å². The molecule has 0 bridgehead atoms. The van der Waals surface area contributed by atoms with Crippen molar-refractivity contribution in [1.29, 1.82) is 0 Å². The molecule has 0 fully saturated rings. The zero-order chi connectivity index (χ0) is 27.4. The number of hydrogen-bond donors (Lipinski definition) is 1. The minimum Gasteiger partial charge on any atom is -0.497 e. The van der Waals surface area contributed by atoms with Crippen molar-refractivity contribution in [2.24, 2.45) is 0 Å². The summed E-state index contributed by atoms with van der Waals surface area (Å²) < 4.78 is 31.5. The van der Waals surface area contributed by atoms with Crippen LogP contribution in [0.2, 0.25) is 0 Å². The number of hydrogen-bond acceptors (Lipinski definition) is 5. The standard InChI is InChI=1S/C28H41N3O5S/c1-6-8-18-29-28(33)26(7-2)30(21-23-16-14-22(3)15-17-23)27(32)13-10-19-31(37(5,34)35)24-11-9-12-25(20-24)36-4/h9,11-12,14-17,20,26H,6-8,10,13,18-19,21H2,1-5H3,(H,29,33)/t26-/m0/s1. The third kappa shape index (κ3) is 9.39. The summed E-state index contributed by atoms with van der Waals surface area (Å²) in [5.74, 6) is 0.203. The molecule has 1 N–H and O–H groups in total. The number of aryl methyl sites for hydroxylation is 1. The van der Waals surface area contributed by atoms with E-state index >= 15 is 0 Å². The average molecular weight is 532 g/mol. The average Bonchev–Trinajstić information content (AvgIpc) is 2.87. The Morgan fingerprint density at radius 3 is 2.35 bits per heavy atom. The first kappa shape index (κ1) is 30.2. The zero-order valence-corrected chi connectivity index (χ0v) is 23.5. The molecular formula is C28H41N3O5S. The smallest absolute Gasteiger partial charge is 0.242 e. The van der Waals surface area contributed by atoms with Gasteiger partial charge in [-0.25, -0.2) is 8.42 Å². The van der Waals surface area contributed by atoms with Crippen molar-refractivity contribution >= 4 is 27.5 Å². The molecule has 0 aliphatic carbocycles. The summed E-state index contributed by atoms with van der Waals surface area (Å²) in [6.07, 6.45) is 3.88. The maximum Gasteiger partial charge on any atom is 0.242 e. The number of anilines is 1. The van der Waals surface area contributed by atoms with E-state index in [9.17, 15) is 18.0 Å². The summed E-state index contributed by atoms with van der Waals surface area (Å²) in [7, 11) is -2.05. The summed E-state index contributed by atoms with van der Waals surface area (Å²) in [4.78, 5) is 28.1. The van der Waals surface area contributed by atoms with Crippen LogP contribution in [0.5, 0.6) is 5.75 Å². The van der Waals surface area contributed by atoms with Gasteiger partial charge in [0.05, 0.1) is 19.1 Å². The van der Waals surface area contributed by atoms with Gasteiger partial charge in [-0.2, -0.15) is 0 Å². The van der Waals surface area contributed by atoms with Gasteiger partial charge in [0.1, 0.15) is 11.8 Å². The lowest BCUT2D eigenvalue weighted by atomic mass is 10.1. The van der Waals surface area contributed by atoms with Crippen LogP contribution in [0.3, 0.4) is 0 Å². The first-order valence-corrected chi connectivity index (χ1v) is 14.7. The molecule has 2 amide bonds. The number of amides is 2. The summed E-state index contributed by atoms with van der Waals surface area (Å²) in [6.45, 7) is 6.97. The molecule has 0 aliphatic heterocycles. The van der Waals surface area contributed by atoms with Gasteiger partial charge < -0.3 is 15.0 Å². The van der Waals surface area contributed by atoms with E-state index in [4.69, 9.17) is 4.74 Å². The van der Waals surface area contributed by atoms with E-state index in [0.717, 1.165) is 30.2 Å². The van der Waals surface area contributed by atoms with Crippen molar-refractivity contribution in [2.45, 2.75) is 65.5 Å².